The zero-order chi connectivity index (χ0) is 9.10. The summed E-state index contributed by atoms with van der Waals surface area (Å²) in [5.74, 6) is 0. The van der Waals surface area contributed by atoms with E-state index < -0.39 is 0 Å². The molecular weight excluding hydrogens is 160 g/mol. The van der Waals surface area contributed by atoms with Gasteiger partial charge in [-0.3, -0.25) is 4.98 Å². The molecule has 0 amide bonds. The zero-order valence-electron chi connectivity index (χ0n) is 8.09. The van der Waals surface area contributed by atoms with Crippen LogP contribution in [0.3, 0.4) is 0 Å². The average Bonchev–Trinajstić information content (AvgIpc) is 2.19. The van der Waals surface area contributed by atoms with E-state index in [9.17, 15) is 0 Å². The smallest absolute Gasteiger partial charge is 0.0451 e. The van der Waals surface area contributed by atoms with Crippen LogP contribution in [0.2, 0.25) is 0 Å². The molecule has 1 aliphatic rings. The normalized spacial score (nSPS) is 21.2. The molecule has 0 bridgehead atoms. The van der Waals surface area contributed by atoms with Gasteiger partial charge in [-0.1, -0.05) is 13.0 Å². The molecule has 0 aliphatic heterocycles. The van der Waals surface area contributed by atoms with Crippen molar-refractivity contribution in [3.05, 3.63) is 29.6 Å². The lowest BCUT2D eigenvalue weighted by atomic mass is 9.91. The minimum Gasteiger partial charge on any atom is -0.310 e. The van der Waals surface area contributed by atoms with Gasteiger partial charge in [-0.25, -0.2) is 0 Å². The number of hydrogen-bond acceptors (Lipinski definition) is 2. The highest BCUT2D eigenvalue weighted by molar-refractivity contribution is 5.25. The second kappa shape index (κ2) is 3.88. The third-order valence-corrected chi connectivity index (χ3v) is 2.66. The standard InChI is InChI=1S/C11H16N2/c1-2-12-10-6-3-7-11-9(10)5-4-8-13-11/h4-5,8,10,12H,2-3,6-7H2,1H3. The lowest BCUT2D eigenvalue weighted by molar-refractivity contribution is 0.466. The Morgan fingerprint density at radius 1 is 1.62 bits per heavy atom. The summed E-state index contributed by atoms with van der Waals surface area (Å²) < 4.78 is 0. The first-order valence-electron chi connectivity index (χ1n) is 5.09. The van der Waals surface area contributed by atoms with Crippen molar-refractivity contribution in [1.82, 2.24) is 10.3 Å². The monoisotopic (exact) mass is 176 g/mol. The number of fused-ring (bicyclic) bond motifs is 1. The van der Waals surface area contributed by atoms with Gasteiger partial charge in [-0.15, -0.1) is 0 Å². The predicted molar refractivity (Wildman–Crippen MR) is 53.6 cm³/mol. The second-order valence-corrected chi connectivity index (χ2v) is 3.54. The Hall–Kier alpha value is -0.890. The Balaban J connectivity index is 2.26. The van der Waals surface area contributed by atoms with Crippen molar-refractivity contribution in [2.24, 2.45) is 0 Å². The Morgan fingerprint density at radius 3 is 3.38 bits per heavy atom. The average molecular weight is 176 g/mol. The maximum Gasteiger partial charge on any atom is 0.0451 e. The van der Waals surface area contributed by atoms with Crippen molar-refractivity contribution >= 4 is 0 Å². The molecule has 70 valence electrons. The molecule has 1 heterocycles. The van der Waals surface area contributed by atoms with Gasteiger partial charge in [-0.2, -0.15) is 0 Å². The molecule has 1 unspecified atom stereocenters. The highest BCUT2D eigenvalue weighted by Crippen LogP contribution is 2.27. The van der Waals surface area contributed by atoms with Crippen LogP contribution >= 0.6 is 0 Å². The number of nitrogens with one attached hydrogen (secondary N) is 1. The molecule has 1 N–H and O–H groups in total. The highest BCUT2D eigenvalue weighted by Gasteiger charge is 2.18. The molecule has 1 aromatic rings. The summed E-state index contributed by atoms with van der Waals surface area (Å²) in [6.07, 6.45) is 5.57. The fourth-order valence-electron chi connectivity index (χ4n) is 2.06. The first kappa shape index (κ1) is 8.70. The van der Waals surface area contributed by atoms with Gasteiger partial charge in [0.05, 0.1) is 0 Å². The van der Waals surface area contributed by atoms with Crippen molar-refractivity contribution < 1.29 is 0 Å². The van der Waals surface area contributed by atoms with Gasteiger partial charge in [0.25, 0.3) is 0 Å². The maximum atomic E-state index is 4.41. The third-order valence-electron chi connectivity index (χ3n) is 2.66. The van der Waals surface area contributed by atoms with Gasteiger partial charge >= 0.3 is 0 Å². The Kier molecular flexibility index (Phi) is 2.60. The van der Waals surface area contributed by atoms with Crippen LogP contribution in [0.5, 0.6) is 0 Å². The Bertz CT molecular complexity index is 283. The molecule has 0 saturated heterocycles. The molecule has 1 atom stereocenters. The minimum absolute atomic E-state index is 0.544. The van der Waals surface area contributed by atoms with Crippen LogP contribution in [0, 0.1) is 0 Å². The highest BCUT2D eigenvalue weighted by atomic mass is 14.9. The fraction of sp³-hybridized carbons (Fsp3) is 0.545. The molecule has 2 heteroatoms. The summed E-state index contributed by atoms with van der Waals surface area (Å²) in [6, 6.07) is 4.78. The summed E-state index contributed by atoms with van der Waals surface area (Å²) in [7, 11) is 0. The number of hydrogen-bond donors (Lipinski definition) is 1. The predicted octanol–water partition coefficient (Wildman–Crippen LogP) is 2.07. The van der Waals surface area contributed by atoms with E-state index in [0.717, 1.165) is 13.0 Å². The quantitative estimate of drug-likeness (QED) is 0.746. The number of nitrogens with zero attached hydrogens (tertiary/aromatic N) is 1. The topological polar surface area (TPSA) is 24.9 Å². The van der Waals surface area contributed by atoms with Crippen molar-refractivity contribution in [1.29, 1.82) is 0 Å². The van der Waals surface area contributed by atoms with Gasteiger partial charge in [0.2, 0.25) is 0 Å². The Morgan fingerprint density at radius 2 is 2.54 bits per heavy atom. The van der Waals surface area contributed by atoms with Crippen molar-refractivity contribution in [2.45, 2.75) is 32.2 Å². The van der Waals surface area contributed by atoms with Crippen LogP contribution in [-0.4, -0.2) is 11.5 Å². The van der Waals surface area contributed by atoms with Gasteiger partial charge in [0, 0.05) is 17.9 Å². The molecule has 1 aromatic heterocycles. The van der Waals surface area contributed by atoms with Crippen molar-refractivity contribution in [3.8, 4) is 0 Å². The van der Waals surface area contributed by atoms with Gasteiger partial charge in [0.15, 0.2) is 0 Å². The third kappa shape index (κ3) is 1.73. The van der Waals surface area contributed by atoms with Gasteiger partial charge in [-0.05, 0) is 37.4 Å². The largest absolute Gasteiger partial charge is 0.310 e. The molecule has 0 spiro atoms. The van der Waals surface area contributed by atoms with Crippen molar-refractivity contribution in [2.75, 3.05) is 6.54 Å². The first-order chi connectivity index (χ1) is 6.42. The van der Waals surface area contributed by atoms with E-state index in [4.69, 9.17) is 0 Å². The van der Waals surface area contributed by atoms with Crippen LogP contribution < -0.4 is 5.32 Å². The number of pyridine rings is 1. The summed E-state index contributed by atoms with van der Waals surface area (Å²) in [5.41, 5.74) is 2.70. The van der Waals surface area contributed by atoms with Crippen LogP contribution in [-0.2, 0) is 6.42 Å². The Labute approximate surface area is 79.4 Å². The number of rotatable bonds is 2. The second-order valence-electron chi connectivity index (χ2n) is 3.54. The van der Waals surface area contributed by atoms with E-state index in [1.54, 1.807) is 0 Å². The molecular formula is C11H16N2. The number of aromatic nitrogens is 1. The van der Waals surface area contributed by atoms with Gasteiger partial charge in [0.1, 0.15) is 0 Å². The minimum atomic E-state index is 0.544. The molecule has 0 aromatic carbocycles. The summed E-state index contributed by atoms with van der Waals surface area (Å²) in [6.45, 7) is 3.20. The van der Waals surface area contributed by atoms with Crippen LogP contribution in [0.25, 0.3) is 0 Å². The molecule has 0 radical (unpaired) electrons. The molecule has 1 aliphatic carbocycles. The summed E-state index contributed by atoms with van der Waals surface area (Å²) in [4.78, 5) is 4.41. The lowest BCUT2D eigenvalue weighted by Gasteiger charge is -2.24. The lowest BCUT2D eigenvalue weighted by Crippen LogP contribution is -2.25. The molecule has 13 heavy (non-hydrogen) atoms. The summed E-state index contributed by atoms with van der Waals surface area (Å²) in [5, 5.41) is 3.50. The fourth-order valence-corrected chi connectivity index (χ4v) is 2.06. The van der Waals surface area contributed by atoms with E-state index in [1.807, 2.05) is 12.3 Å². The summed E-state index contributed by atoms with van der Waals surface area (Å²) >= 11 is 0. The van der Waals surface area contributed by atoms with Gasteiger partial charge < -0.3 is 5.32 Å². The molecule has 2 rings (SSSR count). The van der Waals surface area contributed by atoms with E-state index in [1.165, 1.54) is 24.1 Å². The SMILES string of the molecule is CCNC1CCCc2ncccc21. The maximum absolute atomic E-state index is 4.41. The zero-order valence-corrected chi connectivity index (χ0v) is 8.09. The van der Waals surface area contributed by atoms with E-state index in [2.05, 4.69) is 23.3 Å². The number of aryl methyl sites for hydroxylation is 1. The molecule has 0 saturated carbocycles. The van der Waals surface area contributed by atoms with Crippen LogP contribution in [0.15, 0.2) is 18.3 Å². The first-order valence-corrected chi connectivity index (χ1v) is 5.09. The van der Waals surface area contributed by atoms with Crippen molar-refractivity contribution in [3.63, 3.8) is 0 Å². The van der Waals surface area contributed by atoms with E-state index in [-0.39, 0.29) is 0 Å². The van der Waals surface area contributed by atoms with E-state index >= 15 is 0 Å². The molecule has 0 fully saturated rings. The van der Waals surface area contributed by atoms with Crippen LogP contribution in [0.4, 0.5) is 0 Å². The van der Waals surface area contributed by atoms with Crippen LogP contribution in [0.1, 0.15) is 37.1 Å². The van der Waals surface area contributed by atoms with E-state index in [0.29, 0.717) is 6.04 Å². The molecule has 2 nitrogen and oxygen atoms in total.